The summed E-state index contributed by atoms with van der Waals surface area (Å²) in [4.78, 5) is 26.3. The van der Waals surface area contributed by atoms with Crippen LogP contribution in [0.25, 0.3) is 0 Å². The van der Waals surface area contributed by atoms with E-state index in [-0.39, 0.29) is 17.6 Å². The van der Waals surface area contributed by atoms with Gasteiger partial charge in [-0.15, -0.1) is 0 Å². The number of methoxy groups -OCH3 is 2. The average Bonchev–Trinajstić information content (AvgIpc) is 2.72. The fraction of sp³-hybridized carbons (Fsp3) is 0.591. The van der Waals surface area contributed by atoms with Crippen molar-refractivity contribution < 1.29 is 19.1 Å². The normalized spacial score (nSPS) is 18.2. The van der Waals surface area contributed by atoms with Crippen molar-refractivity contribution in [1.29, 1.82) is 0 Å². The van der Waals surface area contributed by atoms with Gasteiger partial charge in [0.25, 0.3) is 0 Å². The van der Waals surface area contributed by atoms with Crippen LogP contribution in [0, 0.1) is 23.7 Å². The zero-order valence-electron chi connectivity index (χ0n) is 16.9. The van der Waals surface area contributed by atoms with Gasteiger partial charge in [-0.25, -0.2) is 9.78 Å². The second kappa shape index (κ2) is 12.9. The standard InChI is InChI=1S/C11H11NO2.C11H20O2/c1-3-4-5-9-6-7-12-10(8-9)11(13)14-2;1-3-5-9-6-4-7-10(8-9)11(12)13-2/h6-8H,3H2,1-2H3;9-10H,3-8H2,1-2H3. The summed E-state index contributed by atoms with van der Waals surface area (Å²) in [6.45, 7) is 4.18. The van der Waals surface area contributed by atoms with Gasteiger partial charge in [0.05, 0.1) is 20.1 Å². The molecule has 1 aromatic heterocycles. The second-order valence-corrected chi connectivity index (χ2v) is 6.62. The van der Waals surface area contributed by atoms with E-state index in [1.54, 1.807) is 18.3 Å². The van der Waals surface area contributed by atoms with Crippen molar-refractivity contribution in [2.75, 3.05) is 14.2 Å². The number of carbonyl (C=O) groups is 2. The molecule has 0 aromatic carbocycles. The Morgan fingerprint density at radius 3 is 2.63 bits per heavy atom. The summed E-state index contributed by atoms with van der Waals surface area (Å²) in [5.41, 5.74) is 1.07. The molecule has 0 radical (unpaired) electrons. The molecule has 148 valence electrons. The maximum Gasteiger partial charge on any atom is 0.356 e. The lowest BCUT2D eigenvalue weighted by atomic mass is 9.79. The van der Waals surface area contributed by atoms with E-state index in [1.807, 2.05) is 6.92 Å². The third-order valence-electron chi connectivity index (χ3n) is 4.58. The van der Waals surface area contributed by atoms with Crippen LogP contribution in [0.1, 0.15) is 74.8 Å². The Morgan fingerprint density at radius 1 is 1.22 bits per heavy atom. The molecule has 2 atom stereocenters. The van der Waals surface area contributed by atoms with Crippen molar-refractivity contribution in [2.24, 2.45) is 11.8 Å². The summed E-state index contributed by atoms with van der Waals surface area (Å²) in [6.07, 6.45) is 9.44. The summed E-state index contributed by atoms with van der Waals surface area (Å²) >= 11 is 0. The van der Waals surface area contributed by atoms with Gasteiger partial charge in [-0.2, -0.15) is 0 Å². The first-order chi connectivity index (χ1) is 13.0. The summed E-state index contributed by atoms with van der Waals surface area (Å²) in [6, 6.07) is 3.38. The molecule has 1 saturated carbocycles. The number of esters is 2. The predicted molar refractivity (Wildman–Crippen MR) is 105 cm³/mol. The summed E-state index contributed by atoms with van der Waals surface area (Å²) in [7, 11) is 2.82. The lowest BCUT2D eigenvalue weighted by molar-refractivity contribution is -0.147. The number of carbonyl (C=O) groups excluding carboxylic acids is 2. The van der Waals surface area contributed by atoms with Crippen molar-refractivity contribution in [2.45, 2.75) is 58.8 Å². The Labute approximate surface area is 162 Å². The zero-order valence-corrected chi connectivity index (χ0v) is 16.9. The Kier molecular flexibility index (Phi) is 10.9. The SMILES string of the molecule is CCC#Cc1ccnc(C(=O)OC)c1.CCCC1CCCC(C(=O)OC)C1. The van der Waals surface area contributed by atoms with Crippen molar-refractivity contribution in [3.63, 3.8) is 0 Å². The maximum atomic E-state index is 11.3. The Morgan fingerprint density at radius 2 is 2.00 bits per heavy atom. The third kappa shape index (κ3) is 8.25. The van der Waals surface area contributed by atoms with Gasteiger partial charge in [0.15, 0.2) is 0 Å². The molecular formula is C22H31NO4. The molecule has 0 aliphatic heterocycles. The van der Waals surface area contributed by atoms with E-state index >= 15 is 0 Å². The molecule has 0 amide bonds. The van der Waals surface area contributed by atoms with Gasteiger partial charge in [-0.3, -0.25) is 4.79 Å². The molecule has 1 aromatic rings. The first-order valence-corrected chi connectivity index (χ1v) is 9.66. The minimum atomic E-state index is -0.440. The van der Waals surface area contributed by atoms with E-state index in [0.717, 1.165) is 30.7 Å². The number of aromatic nitrogens is 1. The van der Waals surface area contributed by atoms with E-state index in [4.69, 9.17) is 4.74 Å². The topological polar surface area (TPSA) is 65.5 Å². The van der Waals surface area contributed by atoms with Crippen molar-refractivity contribution >= 4 is 11.9 Å². The van der Waals surface area contributed by atoms with E-state index in [2.05, 4.69) is 28.5 Å². The zero-order chi connectivity index (χ0) is 20.1. The summed E-state index contributed by atoms with van der Waals surface area (Å²) in [5, 5.41) is 0. The van der Waals surface area contributed by atoms with Gasteiger partial charge >= 0.3 is 11.9 Å². The van der Waals surface area contributed by atoms with Crippen LogP contribution in [0.4, 0.5) is 0 Å². The highest BCUT2D eigenvalue weighted by molar-refractivity contribution is 5.87. The van der Waals surface area contributed by atoms with Gasteiger partial charge in [0.2, 0.25) is 0 Å². The van der Waals surface area contributed by atoms with E-state index < -0.39 is 5.97 Å². The number of ether oxygens (including phenoxy) is 2. The van der Waals surface area contributed by atoms with Crippen LogP contribution in [0.2, 0.25) is 0 Å². The second-order valence-electron chi connectivity index (χ2n) is 6.62. The summed E-state index contributed by atoms with van der Waals surface area (Å²) in [5.74, 6) is 6.35. The van der Waals surface area contributed by atoms with E-state index in [1.165, 1.54) is 39.9 Å². The molecule has 5 nitrogen and oxygen atoms in total. The van der Waals surface area contributed by atoms with Crippen molar-refractivity contribution in [1.82, 2.24) is 4.98 Å². The highest BCUT2D eigenvalue weighted by atomic mass is 16.5. The molecule has 0 N–H and O–H groups in total. The number of nitrogens with zero attached hydrogens (tertiary/aromatic N) is 1. The van der Waals surface area contributed by atoms with Crippen LogP contribution in [0.3, 0.4) is 0 Å². The molecule has 0 saturated heterocycles. The quantitative estimate of drug-likeness (QED) is 0.578. The largest absolute Gasteiger partial charge is 0.469 e. The molecule has 0 bridgehead atoms. The molecular weight excluding hydrogens is 342 g/mol. The number of rotatable bonds is 4. The molecule has 27 heavy (non-hydrogen) atoms. The van der Waals surface area contributed by atoms with Crippen LogP contribution in [0.5, 0.6) is 0 Å². The van der Waals surface area contributed by atoms with Crippen LogP contribution >= 0.6 is 0 Å². The van der Waals surface area contributed by atoms with Gasteiger partial charge in [0.1, 0.15) is 5.69 Å². The van der Waals surface area contributed by atoms with Crippen LogP contribution in [0.15, 0.2) is 18.3 Å². The highest BCUT2D eigenvalue weighted by Gasteiger charge is 2.27. The van der Waals surface area contributed by atoms with Crippen molar-refractivity contribution in [3.8, 4) is 11.8 Å². The molecule has 2 rings (SSSR count). The van der Waals surface area contributed by atoms with Gasteiger partial charge in [0, 0.05) is 18.2 Å². The number of pyridine rings is 1. The molecule has 1 aliphatic rings. The molecule has 1 aliphatic carbocycles. The lowest BCUT2D eigenvalue weighted by Crippen LogP contribution is -2.23. The van der Waals surface area contributed by atoms with Crippen molar-refractivity contribution in [3.05, 3.63) is 29.6 Å². The Hall–Kier alpha value is -2.35. The monoisotopic (exact) mass is 373 g/mol. The van der Waals surface area contributed by atoms with Crippen LogP contribution in [-0.2, 0) is 14.3 Å². The van der Waals surface area contributed by atoms with E-state index in [0.29, 0.717) is 0 Å². The lowest BCUT2D eigenvalue weighted by Gasteiger charge is -2.26. The number of hydrogen-bond acceptors (Lipinski definition) is 5. The molecule has 5 heteroatoms. The van der Waals surface area contributed by atoms with Gasteiger partial charge in [-0.1, -0.05) is 51.4 Å². The third-order valence-corrected chi connectivity index (χ3v) is 4.58. The summed E-state index contributed by atoms with van der Waals surface area (Å²) < 4.78 is 9.32. The smallest absolute Gasteiger partial charge is 0.356 e. The first kappa shape index (κ1) is 22.7. The van der Waals surface area contributed by atoms with Gasteiger partial charge < -0.3 is 9.47 Å². The number of hydrogen-bond donors (Lipinski definition) is 0. The van der Waals surface area contributed by atoms with E-state index in [9.17, 15) is 9.59 Å². The fourth-order valence-electron chi connectivity index (χ4n) is 3.26. The minimum absolute atomic E-state index is 0.000744. The Balaban J connectivity index is 0.000000271. The molecule has 1 fully saturated rings. The fourth-order valence-corrected chi connectivity index (χ4v) is 3.26. The maximum absolute atomic E-state index is 11.3. The first-order valence-electron chi connectivity index (χ1n) is 9.66. The van der Waals surface area contributed by atoms with Crippen LogP contribution < -0.4 is 0 Å². The average molecular weight is 373 g/mol. The minimum Gasteiger partial charge on any atom is -0.469 e. The van der Waals surface area contributed by atoms with Crippen LogP contribution in [-0.4, -0.2) is 31.1 Å². The highest BCUT2D eigenvalue weighted by Crippen LogP contribution is 2.32. The molecule has 0 spiro atoms. The molecule has 1 heterocycles. The molecule has 2 unspecified atom stereocenters. The predicted octanol–water partition coefficient (Wildman–Crippen LogP) is 4.40. The van der Waals surface area contributed by atoms with Gasteiger partial charge in [-0.05, 0) is 30.9 Å². The Bertz CT molecular complexity index is 658.